The number of piperidine rings is 1. The maximum atomic E-state index is 12.6. The number of rotatable bonds is 3. The number of carbonyl (C=O) groups excluding carboxylic acids is 2. The number of likely N-dealkylation sites (tertiary alicyclic amines) is 1. The van der Waals surface area contributed by atoms with Crippen molar-refractivity contribution in [1.29, 1.82) is 0 Å². The van der Waals surface area contributed by atoms with Gasteiger partial charge in [0.1, 0.15) is 5.75 Å². The second-order valence-corrected chi connectivity index (χ2v) is 6.55. The van der Waals surface area contributed by atoms with Crippen molar-refractivity contribution in [3.05, 3.63) is 59.7 Å². The first-order chi connectivity index (χ1) is 12.5. The Balaban J connectivity index is 1.51. The minimum atomic E-state index is -0.239. The van der Waals surface area contributed by atoms with Gasteiger partial charge in [-0.3, -0.25) is 4.79 Å². The van der Waals surface area contributed by atoms with Gasteiger partial charge in [-0.2, -0.15) is 0 Å². The van der Waals surface area contributed by atoms with E-state index in [-0.39, 0.29) is 23.7 Å². The van der Waals surface area contributed by atoms with Gasteiger partial charge in [0.2, 0.25) is 0 Å². The highest BCUT2D eigenvalue weighted by Gasteiger charge is 2.26. The highest BCUT2D eigenvalue weighted by molar-refractivity contribution is 5.97. The summed E-state index contributed by atoms with van der Waals surface area (Å²) in [5.74, 6) is -0.160. The van der Waals surface area contributed by atoms with Crippen molar-refractivity contribution >= 4 is 17.6 Å². The molecule has 0 spiro atoms. The van der Waals surface area contributed by atoms with Crippen LogP contribution in [0.5, 0.6) is 5.75 Å². The zero-order valence-electron chi connectivity index (χ0n) is 14.7. The van der Waals surface area contributed by atoms with Crippen LogP contribution in [-0.4, -0.2) is 41.1 Å². The van der Waals surface area contributed by atoms with Crippen LogP contribution in [0.3, 0.4) is 0 Å². The molecule has 0 saturated carbocycles. The van der Waals surface area contributed by atoms with Crippen LogP contribution in [0.4, 0.5) is 10.5 Å². The fraction of sp³-hybridized carbons (Fsp3) is 0.300. The smallest absolute Gasteiger partial charge is 0.319 e. The Morgan fingerprint density at radius 2 is 1.77 bits per heavy atom. The van der Waals surface area contributed by atoms with Gasteiger partial charge < -0.3 is 20.6 Å². The molecule has 0 atom stereocenters. The molecule has 2 aromatic rings. The lowest BCUT2D eigenvalue weighted by molar-refractivity contribution is 0.0706. The quantitative estimate of drug-likeness (QED) is 0.793. The van der Waals surface area contributed by atoms with Gasteiger partial charge in [0.15, 0.2) is 0 Å². The summed E-state index contributed by atoms with van der Waals surface area (Å²) in [4.78, 5) is 26.3. The average Bonchev–Trinajstić information content (AvgIpc) is 2.62. The summed E-state index contributed by atoms with van der Waals surface area (Å²) in [5.41, 5.74) is 1.97. The average molecular weight is 353 g/mol. The summed E-state index contributed by atoms with van der Waals surface area (Å²) in [6.45, 7) is 2.95. The standard InChI is InChI=1S/C20H23N3O3/c1-14-7-8-17(18(24)13-14)19(25)23-11-9-16(10-12-23)22-20(26)21-15-5-3-2-4-6-15/h2-8,13,16,24H,9-12H2,1H3,(H2,21,22,26). The van der Waals surface area contributed by atoms with Gasteiger partial charge in [-0.15, -0.1) is 0 Å². The predicted molar refractivity (Wildman–Crippen MR) is 100 cm³/mol. The van der Waals surface area contributed by atoms with E-state index in [1.807, 2.05) is 43.3 Å². The number of aromatic hydroxyl groups is 1. The van der Waals surface area contributed by atoms with Gasteiger partial charge in [0.25, 0.3) is 5.91 Å². The van der Waals surface area contributed by atoms with Crippen LogP contribution in [-0.2, 0) is 0 Å². The molecule has 6 nitrogen and oxygen atoms in total. The van der Waals surface area contributed by atoms with E-state index >= 15 is 0 Å². The van der Waals surface area contributed by atoms with Gasteiger partial charge in [-0.25, -0.2) is 4.79 Å². The summed E-state index contributed by atoms with van der Waals surface area (Å²) in [5, 5.41) is 15.7. The molecular formula is C20H23N3O3. The van der Waals surface area contributed by atoms with Crippen molar-refractivity contribution < 1.29 is 14.7 Å². The number of phenols is 1. The van der Waals surface area contributed by atoms with Gasteiger partial charge in [0, 0.05) is 24.8 Å². The Morgan fingerprint density at radius 1 is 1.08 bits per heavy atom. The molecule has 26 heavy (non-hydrogen) atoms. The molecule has 2 aromatic carbocycles. The zero-order chi connectivity index (χ0) is 18.5. The van der Waals surface area contributed by atoms with Crippen LogP contribution in [0, 0.1) is 6.92 Å². The molecule has 1 aliphatic heterocycles. The lowest BCUT2D eigenvalue weighted by atomic mass is 10.0. The molecule has 1 fully saturated rings. The Labute approximate surface area is 152 Å². The van der Waals surface area contributed by atoms with Gasteiger partial charge in [-0.1, -0.05) is 24.3 Å². The number of nitrogens with zero attached hydrogens (tertiary/aromatic N) is 1. The lowest BCUT2D eigenvalue weighted by Gasteiger charge is -2.32. The molecule has 3 amide bonds. The summed E-state index contributed by atoms with van der Waals surface area (Å²) in [6.07, 6.45) is 1.36. The molecule has 6 heteroatoms. The molecule has 1 aliphatic rings. The first kappa shape index (κ1) is 17.8. The number of carbonyl (C=O) groups is 2. The summed E-state index contributed by atoms with van der Waals surface area (Å²) < 4.78 is 0. The second-order valence-electron chi connectivity index (χ2n) is 6.55. The first-order valence-electron chi connectivity index (χ1n) is 8.74. The minimum absolute atomic E-state index is 0.0116. The molecular weight excluding hydrogens is 330 g/mol. The van der Waals surface area contributed by atoms with E-state index in [2.05, 4.69) is 10.6 Å². The van der Waals surface area contributed by atoms with E-state index in [9.17, 15) is 14.7 Å². The fourth-order valence-electron chi connectivity index (χ4n) is 3.09. The first-order valence-corrected chi connectivity index (χ1v) is 8.74. The topological polar surface area (TPSA) is 81.7 Å². The van der Waals surface area contributed by atoms with Crippen molar-refractivity contribution in [3.63, 3.8) is 0 Å². The Kier molecular flexibility index (Phi) is 5.41. The number of urea groups is 1. The zero-order valence-corrected chi connectivity index (χ0v) is 14.7. The van der Waals surface area contributed by atoms with Crippen LogP contribution in [0.15, 0.2) is 48.5 Å². The predicted octanol–water partition coefficient (Wildman–Crippen LogP) is 3.13. The molecule has 3 N–H and O–H groups in total. The maximum Gasteiger partial charge on any atom is 0.319 e. The number of benzene rings is 2. The van der Waals surface area contributed by atoms with Gasteiger partial charge in [-0.05, 0) is 49.6 Å². The van der Waals surface area contributed by atoms with Crippen molar-refractivity contribution in [1.82, 2.24) is 10.2 Å². The number of aryl methyl sites for hydroxylation is 1. The highest BCUT2D eigenvalue weighted by Crippen LogP contribution is 2.22. The van der Waals surface area contributed by atoms with E-state index in [4.69, 9.17) is 0 Å². The largest absolute Gasteiger partial charge is 0.507 e. The van der Waals surface area contributed by atoms with Crippen LogP contribution in [0.1, 0.15) is 28.8 Å². The molecule has 0 bridgehead atoms. The molecule has 1 heterocycles. The normalized spacial score (nSPS) is 14.7. The second kappa shape index (κ2) is 7.91. The summed E-state index contributed by atoms with van der Waals surface area (Å²) in [6, 6.07) is 14.1. The van der Waals surface area contributed by atoms with E-state index < -0.39 is 0 Å². The Bertz CT molecular complexity index is 784. The Hall–Kier alpha value is -3.02. The van der Waals surface area contributed by atoms with Gasteiger partial charge in [0.05, 0.1) is 5.56 Å². The molecule has 1 saturated heterocycles. The number of phenolic OH excluding ortho intramolecular Hbond substituents is 1. The van der Waals surface area contributed by atoms with Crippen molar-refractivity contribution in [3.8, 4) is 5.75 Å². The Morgan fingerprint density at radius 3 is 2.42 bits per heavy atom. The van der Waals surface area contributed by atoms with Gasteiger partial charge >= 0.3 is 6.03 Å². The fourth-order valence-corrected chi connectivity index (χ4v) is 3.09. The van der Waals surface area contributed by atoms with Crippen molar-refractivity contribution in [2.75, 3.05) is 18.4 Å². The SMILES string of the molecule is Cc1ccc(C(=O)N2CCC(NC(=O)Nc3ccccc3)CC2)c(O)c1. The molecule has 0 aromatic heterocycles. The number of hydrogen-bond donors (Lipinski definition) is 3. The van der Waals surface area contributed by atoms with Crippen LogP contribution < -0.4 is 10.6 Å². The van der Waals surface area contributed by atoms with E-state index in [0.717, 1.165) is 11.3 Å². The number of para-hydroxylation sites is 1. The minimum Gasteiger partial charge on any atom is -0.507 e. The highest BCUT2D eigenvalue weighted by atomic mass is 16.3. The molecule has 0 aliphatic carbocycles. The number of hydrogen-bond acceptors (Lipinski definition) is 3. The number of anilines is 1. The van der Waals surface area contributed by atoms with Crippen LogP contribution in [0.2, 0.25) is 0 Å². The monoisotopic (exact) mass is 353 g/mol. The van der Waals surface area contributed by atoms with Crippen molar-refractivity contribution in [2.45, 2.75) is 25.8 Å². The van der Waals surface area contributed by atoms with Crippen LogP contribution >= 0.6 is 0 Å². The lowest BCUT2D eigenvalue weighted by Crippen LogP contribution is -2.47. The summed E-state index contributed by atoms with van der Waals surface area (Å²) in [7, 11) is 0. The third-order valence-corrected chi connectivity index (χ3v) is 4.53. The van der Waals surface area contributed by atoms with Crippen molar-refractivity contribution in [2.24, 2.45) is 0 Å². The van der Waals surface area contributed by atoms with E-state index in [0.29, 0.717) is 31.5 Å². The molecule has 0 radical (unpaired) electrons. The van der Waals surface area contributed by atoms with E-state index in [1.165, 1.54) is 0 Å². The van der Waals surface area contributed by atoms with E-state index in [1.54, 1.807) is 17.0 Å². The molecule has 3 rings (SSSR count). The molecule has 136 valence electrons. The number of nitrogens with one attached hydrogen (secondary N) is 2. The maximum absolute atomic E-state index is 12.6. The summed E-state index contributed by atoms with van der Waals surface area (Å²) >= 11 is 0. The number of amides is 3. The molecule has 0 unspecified atom stereocenters. The third-order valence-electron chi connectivity index (χ3n) is 4.53. The third kappa shape index (κ3) is 4.33. The van der Waals surface area contributed by atoms with Crippen LogP contribution in [0.25, 0.3) is 0 Å².